The summed E-state index contributed by atoms with van der Waals surface area (Å²) in [4.78, 5) is 0. The maximum absolute atomic E-state index is 6.21. The first-order valence-corrected chi connectivity index (χ1v) is 14.5. The van der Waals surface area contributed by atoms with Crippen LogP contribution in [0, 0.1) is 0 Å². The molecule has 0 amide bonds. The molecule has 0 aliphatic carbocycles. The Morgan fingerprint density at radius 1 is 0.600 bits per heavy atom. The molecule has 2 nitrogen and oxygen atoms in total. The van der Waals surface area contributed by atoms with Crippen molar-refractivity contribution >= 4 is 16.6 Å². The molecule has 0 aromatic rings. The van der Waals surface area contributed by atoms with E-state index in [0.717, 1.165) is 13.2 Å². The van der Waals surface area contributed by atoms with Gasteiger partial charge in [-0.2, -0.15) is 0 Å². The van der Waals surface area contributed by atoms with Gasteiger partial charge in [-0.3, -0.25) is 0 Å². The van der Waals surface area contributed by atoms with Crippen molar-refractivity contribution in [1.29, 1.82) is 0 Å². The number of unbranched alkanes of at least 4 members (excludes halogenated alkanes) is 3. The van der Waals surface area contributed by atoms with Crippen LogP contribution >= 0.6 is 0 Å². The normalized spacial score (nSPS) is 24.3. The molecule has 0 spiro atoms. The fourth-order valence-electron chi connectivity index (χ4n) is 3.73. The van der Waals surface area contributed by atoms with Gasteiger partial charge in [-0.05, 0) is 50.1 Å². The van der Waals surface area contributed by atoms with E-state index in [2.05, 4.69) is 13.1 Å². The summed E-state index contributed by atoms with van der Waals surface area (Å²) in [5, 5.41) is 0. The van der Waals surface area contributed by atoms with Crippen LogP contribution in [-0.4, -0.2) is 29.8 Å². The monoisotopic (exact) mass is 314 g/mol. The molecule has 0 N–H and O–H groups in total. The molecule has 0 aromatic heterocycles. The van der Waals surface area contributed by atoms with Crippen molar-refractivity contribution in [3.05, 3.63) is 0 Å². The van der Waals surface area contributed by atoms with Gasteiger partial charge in [-0.25, -0.2) is 0 Å². The molecule has 0 aromatic carbocycles. The maximum Gasteiger partial charge on any atom is 0.189 e. The molecule has 0 radical (unpaired) electrons. The molecule has 2 fully saturated rings. The minimum Gasteiger partial charge on any atom is -0.417 e. The Morgan fingerprint density at radius 3 is 1.30 bits per heavy atom. The average molecular weight is 315 g/mol. The first-order chi connectivity index (χ1) is 9.62. The average Bonchev–Trinajstić information content (AvgIpc) is 3.03. The van der Waals surface area contributed by atoms with Crippen LogP contribution in [0.1, 0.15) is 51.4 Å². The lowest BCUT2D eigenvalue weighted by atomic mass is 10.2. The highest BCUT2D eigenvalue weighted by Gasteiger charge is 2.33. The molecule has 2 aliphatic rings. The highest BCUT2D eigenvalue weighted by Crippen LogP contribution is 2.31. The van der Waals surface area contributed by atoms with E-state index >= 15 is 0 Å². The summed E-state index contributed by atoms with van der Waals surface area (Å²) in [6.45, 7) is 6.91. The Labute approximate surface area is 127 Å². The molecule has 0 bridgehead atoms. The minimum absolute atomic E-state index is 1.02. The lowest BCUT2D eigenvalue weighted by Gasteiger charge is -2.22. The van der Waals surface area contributed by atoms with E-state index in [4.69, 9.17) is 8.85 Å². The molecule has 2 saturated heterocycles. The standard InChI is InChI=1S/C16H34O2Si2/c1-19(13-7-8-14-19)17-11-5-3-4-6-12-18-20(2)15-9-10-16-20/h3-16H2,1-2H3. The van der Waals surface area contributed by atoms with E-state index in [-0.39, 0.29) is 0 Å². The Balaban J connectivity index is 1.40. The van der Waals surface area contributed by atoms with Crippen LogP contribution in [0.5, 0.6) is 0 Å². The van der Waals surface area contributed by atoms with Crippen LogP contribution in [0.25, 0.3) is 0 Å². The molecule has 2 aliphatic heterocycles. The lowest BCUT2D eigenvalue weighted by Crippen LogP contribution is -2.30. The van der Waals surface area contributed by atoms with Gasteiger partial charge in [0, 0.05) is 13.2 Å². The second-order valence-electron chi connectivity index (χ2n) is 7.43. The molecule has 4 heteroatoms. The summed E-state index contributed by atoms with van der Waals surface area (Å²) in [6, 6.07) is 5.63. The van der Waals surface area contributed by atoms with Crippen molar-refractivity contribution in [2.45, 2.75) is 88.6 Å². The summed E-state index contributed by atoms with van der Waals surface area (Å²) in [5.41, 5.74) is 0. The third-order valence-corrected chi connectivity index (χ3v) is 12.7. The van der Waals surface area contributed by atoms with Crippen LogP contribution in [0.15, 0.2) is 0 Å². The highest BCUT2D eigenvalue weighted by molar-refractivity contribution is 6.73. The minimum atomic E-state index is -1.21. The fraction of sp³-hybridized carbons (Fsp3) is 1.00. The van der Waals surface area contributed by atoms with Crippen molar-refractivity contribution < 1.29 is 8.85 Å². The van der Waals surface area contributed by atoms with Gasteiger partial charge in [-0.1, -0.05) is 38.5 Å². The van der Waals surface area contributed by atoms with Crippen molar-refractivity contribution in [3.63, 3.8) is 0 Å². The third-order valence-electron chi connectivity index (χ3n) is 5.26. The van der Waals surface area contributed by atoms with Crippen molar-refractivity contribution in [1.82, 2.24) is 0 Å². The molecular weight excluding hydrogens is 280 g/mol. The molecule has 2 rings (SSSR count). The molecule has 2 heterocycles. The van der Waals surface area contributed by atoms with Gasteiger partial charge in [0.2, 0.25) is 0 Å². The van der Waals surface area contributed by atoms with Gasteiger partial charge >= 0.3 is 0 Å². The van der Waals surface area contributed by atoms with Crippen molar-refractivity contribution in [3.8, 4) is 0 Å². The van der Waals surface area contributed by atoms with Gasteiger partial charge in [-0.15, -0.1) is 0 Å². The fourth-order valence-corrected chi connectivity index (χ4v) is 10.1. The van der Waals surface area contributed by atoms with Crippen LogP contribution in [-0.2, 0) is 8.85 Å². The first-order valence-electron chi connectivity index (χ1n) is 8.90. The van der Waals surface area contributed by atoms with Crippen LogP contribution < -0.4 is 0 Å². The van der Waals surface area contributed by atoms with E-state index in [1.165, 1.54) is 75.5 Å². The molecule has 20 heavy (non-hydrogen) atoms. The predicted molar refractivity (Wildman–Crippen MR) is 91.3 cm³/mol. The van der Waals surface area contributed by atoms with E-state index in [9.17, 15) is 0 Å². The Hall–Kier alpha value is 0.354. The third kappa shape index (κ3) is 5.62. The van der Waals surface area contributed by atoms with E-state index < -0.39 is 16.6 Å². The van der Waals surface area contributed by atoms with Gasteiger partial charge < -0.3 is 8.85 Å². The summed E-state index contributed by atoms with van der Waals surface area (Å²) in [7, 11) is -2.42. The van der Waals surface area contributed by atoms with Gasteiger partial charge in [0.25, 0.3) is 0 Å². The van der Waals surface area contributed by atoms with Crippen molar-refractivity contribution in [2.24, 2.45) is 0 Å². The largest absolute Gasteiger partial charge is 0.417 e. The molecule has 0 saturated carbocycles. The zero-order valence-corrected chi connectivity index (χ0v) is 15.7. The Bertz CT molecular complexity index is 244. The number of hydrogen-bond donors (Lipinski definition) is 0. The van der Waals surface area contributed by atoms with Gasteiger partial charge in [0.05, 0.1) is 0 Å². The maximum atomic E-state index is 6.21. The number of rotatable bonds is 9. The second kappa shape index (κ2) is 8.11. The summed E-state index contributed by atoms with van der Waals surface area (Å²) >= 11 is 0. The summed E-state index contributed by atoms with van der Waals surface area (Å²) in [5.74, 6) is 0. The Morgan fingerprint density at radius 2 is 0.950 bits per heavy atom. The van der Waals surface area contributed by atoms with E-state index in [1.807, 2.05) is 0 Å². The van der Waals surface area contributed by atoms with E-state index in [0.29, 0.717) is 0 Å². The first kappa shape index (κ1) is 16.7. The second-order valence-corrected chi connectivity index (χ2v) is 15.8. The summed E-state index contributed by atoms with van der Waals surface area (Å²) in [6.07, 6.45) is 10.9. The summed E-state index contributed by atoms with van der Waals surface area (Å²) < 4.78 is 12.4. The van der Waals surface area contributed by atoms with Crippen LogP contribution in [0.4, 0.5) is 0 Å². The van der Waals surface area contributed by atoms with Gasteiger partial charge in [0.15, 0.2) is 16.6 Å². The highest BCUT2D eigenvalue weighted by atomic mass is 28.4. The quantitative estimate of drug-likeness (QED) is 0.423. The zero-order chi connectivity index (χ0) is 14.3. The predicted octanol–water partition coefficient (Wildman–Crippen LogP) is 5.32. The SMILES string of the molecule is C[Si]1(OCCCCCCO[Si]2(C)CCCC2)CCCC1. The van der Waals surface area contributed by atoms with Crippen molar-refractivity contribution in [2.75, 3.05) is 13.2 Å². The van der Waals surface area contributed by atoms with E-state index in [1.54, 1.807) is 0 Å². The smallest absolute Gasteiger partial charge is 0.189 e. The topological polar surface area (TPSA) is 18.5 Å². The lowest BCUT2D eigenvalue weighted by molar-refractivity contribution is 0.277. The van der Waals surface area contributed by atoms with Crippen LogP contribution in [0.2, 0.25) is 37.3 Å². The molecule has 0 unspecified atom stereocenters. The zero-order valence-electron chi connectivity index (χ0n) is 13.7. The van der Waals surface area contributed by atoms with Crippen LogP contribution in [0.3, 0.4) is 0 Å². The number of hydrogen-bond acceptors (Lipinski definition) is 2. The molecule has 0 atom stereocenters. The molecular formula is C16H34O2Si2. The molecule has 118 valence electrons. The Kier molecular flexibility index (Phi) is 6.78. The van der Waals surface area contributed by atoms with Gasteiger partial charge in [0.1, 0.15) is 0 Å².